The van der Waals surface area contributed by atoms with Crippen molar-refractivity contribution in [2.45, 2.75) is 25.4 Å². The highest BCUT2D eigenvalue weighted by Gasteiger charge is 2.22. The van der Waals surface area contributed by atoms with Gasteiger partial charge in [-0.2, -0.15) is 0 Å². The number of benzene rings is 1. The SMILES string of the molecule is COCC(=O)N1CCC(NCc2ccc(O)c(F)c2)CC1. The third-order valence-corrected chi connectivity index (χ3v) is 3.72. The second kappa shape index (κ2) is 7.38. The van der Waals surface area contributed by atoms with Crippen molar-refractivity contribution < 1.29 is 19.0 Å². The number of phenolic OH excluding ortho intramolecular Hbond substituents is 1. The molecule has 1 aromatic carbocycles. The Labute approximate surface area is 123 Å². The lowest BCUT2D eigenvalue weighted by molar-refractivity contribution is -0.136. The highest BCUT2D eigenvalue weighted by atomic mass is 19.1. The van der Waals surface area contributed by atoms with Gasteiger partial charge >= 0.3 is 0 Å². The van der Waals surface area contributed by atoms with Crippen molar-refractivity contribution in [3.63, 3.8) is 0 Å². The number of ether oxygens (including phenoxy) is 1. The summed E-state index contributed by atoms with van der Waals surface area (Å²) in [7, 11) is 1.52. The van der Waals surface area contributed by atoms with E-state index in [0.29, 0.717) is 25.7 Å². The lowest BCUT2D eigenvalue weighted by Gasteiger charge is -2.32. The van der Waals surface area contributed by atoms with Gasteiger partial charge in [0.25, 0.3) is 0 Å². The zero-order valence-corrected chi connectivity index (χ0v) is 12.1. The lowest BCUT2D eigenvalue weighted by atomic mass is 10.0. The number of nitrogens with one attached hydrogen (secondary N) is 1. The number of phenols is 1. The molecule has 2 N–H and O–H groups in total. The molecule has 0 atom stereocenters. The highest BCUT2D eigenvalue weighted by Crippen LogP contribution is 2.17. The number of piperidine rings is 1. The number of aromatic hydroxyl groups is 1. The van der Waals surface area contributed by atoms with Crippen LogP contribution in [0.1, 0.15) is 18.4 Å². The summed E-state index contributed by atoms with van der Waals surface area (Å²) in [5.74, 6) is -0.908. The maximum Gasteiger partial charge on any atom is 0.248 e. The minimum Gasteiger partial charge on any atom is -0.505 e. The first-order valence-corrected chi connectivity index (χ1v) is 7.07. The van der Waals surface area contributed by atoms with Crippen LogP contribution in [0.2, 0.25) is 0 Å². The second-order valence-electron chi connectivity index (χ2n) is 5.25. The van der Waals surface area contributed by atoms with Crippen LogP contribution >= 0.6 is 0 Å². The van der Waals surface area contributed by atoms with Crippen molar-refractivity contribution in [3.05, 3.63) is 29.6 Å². The molecule has 1 aliphatic rings. The van der Waals surface area contributed by atoms with Crippen molar-refractivity contribution >= 4 is 5.91 Å². The number of methoxy groups -OCH3 is 1. The molecule has 2 rings (SSSR count). The topological polar surface area (TPSA) is 61.8 Å². The van der Waals surface area contributed by atoms with Crippen molar-refractivity contribution in [1.29, 1.82) is 0 Å². The molecule has 1 aliphatic heterocycles. The Balaban J connectivity index is 1.76. The van der Waals surface area contributed by atoms with E-state index < -0.39 is 5.82 Å². The molecule has 6 heteroatoms. The van der Waals surface area contributed by atoms with Gasteiger partial charge in [-0.3, -0.25) is 4.79 Å². The molecule has 0 bridgehead atoms. The van der Waals surface area contributed by atoms with Crippen LogP contribution in [0, 0.1) is 5.82 Å². The fourth-order valence-electron chi connectivity index (χ4n) is 2.47. The van der Waals surface area contributed by atoms with E-state index in [1.807, 2.05) is 4.90 Å². The molecule has 0 unspecified atom stereocenters. The Kier molecular flexibility index (Phi) is 5.52. The Hall–Kier alpha value is -1.66. The zero-order chi connectivity index (χ0) is 15.2. The number of carbonyl (C=O) groups is 1. The minimum atomic E-state index is -0.603. The predicted octanol–water partition coefficient (Wildman–Crippen LogP) is 1.26. The molecule has 1 fully saturated rings. The van der Waals surface area contributed by atoms with Crippen LogP contribution < -0.4 is 5.32 Å². The zero-order valence-electron chi connectivity index (χ0n) is 12.1. The van der Waals surface area contributed by atoms with Crippen LogP contribution in [0.4, 0.5) is 4.39 Å². The van der Waals surface area contributed by atoms with Gasteiger partial charge in [0.05, 0.1) is 0 Å². The number of nitrogens with zero attached hydrogens (tertiary/aromatic N) is 1. The third-order valence-electron chi connectivity index (χ3n) is 3.72. The van der Waals surface area contributed by atoms with Gasteiger partial charge in [-0.15, -0.1) is 0 Å². The Morgan fingerprint density at radius 1 is 1.48 bits per heavy atom. The first-order chi connectivity index (χ1) is 10.1. The number of rotatable bonds is 5. The van der Waals surface area contributed by atoms with Crippen LogP contribution in [0.25, 0.3) is 0 Å². The largest absolute Gasteiger partial charge is 0.505 e. The molecular formula is C15H21FN2O3. The molecule has 116 valence electrons. The molecule has 1 amide bonds. The van der Waals surface area contributed by atoms with E-state index in [1.54, 1.807) is 6.07 Å². The fourth-order valence-corrected chi connectivity index (χ4v) is 2.47. The minimum absolute atomic E-state index is 0.0246. The number of hydrogen-bond donors (Lipinski definition) is 2. The molecule has 1 heterocycles. The molecule has 1 saturated heterocycles. The van der Waals surface area contributed by atoms with Crippen LogP contribution in [-0.4, -0.2) is 48.8 Å². The average Bonchev–Trinajstić information content (AvgIpc) is 2.49. The summed E-state index contributed by atoms with van der Waals surface area (Å²) >= 11 is 0. The third kappa shape index (κ3) is 4.41. The van der Waals surface area contributed by atoms with E-state index >= 15 is 0 Å². The van der Waals surface area contributed by atoms with Crippen molar-refractivity contribution in [2.75, 3.05) is 26.8 Å². The molecule has 5 nitrogen and oxygen atoms in total. The quantitative estimate of drug-likeness (QED) is 0.859. The number of amides is 1. The van der Waals surface area contributed by atoms with E-state index in [2.05, 4.69) is 5.32 Å². The van der Waals surface area contributed by atoms with Gasteiger partial charge in [-0.1, -0.05) is 6.07 Å². The maximum absolute atomic E-state index is 13.2. The maximum atomic E-state index is 13.2. The highest BCUT2D eigenvalue weighted by molar-refractivity contribution is 5.77. The Bertz CT molecular complexity index is 488. The van der Waals surface area contributed by atoms with Gasteiger partial charge in [-0.25, -0.2) is 4.39 Å². The Morgan fingerprint density at radius 2 is 2.19 bits per heavy atom. The molecule has 0 radical (unpaired) electrons. The van der Waals surface area contributed by atoms with E-state index in [-0.39, 0.29) is 18.3 Å². The van der Waals surface area contributed by atoms with Crippen LogP contribution in [0.3, 0.4) is 0 Å². The molecule has 0 spiro atoms. The molecule has 0 aromatic heterocycles. The van der Waals surface area contributed by atoms with Gasteiger partial charge in [-0.05, 0) is 30.5 Å². The summed E-state index contributed by atoms with van der Waals surface area (Å²) < 4.78 is 18.1. The molecular weight excluding hydrogens is 275 g/mol. The van der Waals surface area contributed by atoms with Gasteiger partial charge in [0.1, 0.15) is 6.61 Å². The molecule has 21 heavy (non-hydrogen) atoms. The van der Waals surface area contributed by atoms with Crippen LogP contribution in [0.5, 0.6) is 5.75 Å². The van der Waals surface area contributed by atoms with E-state index in [4.69, 9.17) is 9.84 Å². The molecule has 1 aromatic rings. The van der Waals surface area contributed by atoms with Gasteiger partial charge in [0.15, 0.2) is 11.6 Å². The predicted molar refractivity (Wildman–Crippen MR) is 76.4 cm³/mol. The summed E-state index contributed by atoms with van der Waals surface area (Å²) in [6.45, 7) is 2.10. The average molecular weight is 296 g/mol. The van der Waals surface area contributed by atoms with Crippen molar-refractivity contribution in [1.82, 2.24) is 10.2 Å². The summed E-state index contributed by atoms with van der Waals surface area (Å²) in [4.78, 5) is 13.5. The van der Waals surface area contributed by atoms with Crippen molar-refractivity contribution in [2.24, 2.45) is 0 Å². The second-order valence-corrected chi connectivity index (χ2v) is 5.25. The fraction of sp³-hybridized carbons (Fsp3) is 0.533. The van der Waals surface area contributed by atoms with Crippen molar-refractivity contribution in [3.8, 4) is 5.75 Å². The van der Waals surface area contributed by atoms with Gasteiger partial charge in [0.2, 0.25) is 5.91 Å². The van der Waals surface area contributed by atoms with E-state index in [0.717, 1.165) is 18.4 Å². The first kappa shape index (κ1) is 15.7. The number of halogens is 1. The Morgan fingerprint density at radius 3 is 2.81 bits per heavy atom. The molecule has 0 aliphatic carbocycles. The van der Waals surface area contributed by atoms with Gasteiger partial charge < -0.3 is 20.1 Å². The summed E-state index contributed by atoms with van der Waals surface area (Å²) in [5.41, 5.74) is 0.795. The monoisotopic (exact) mass is 296 g/mol. The normalized spacial score (nSPS) is 16.2. The van der Waals surface area contributed by atoms with Crippen LogP contribution in [0.15, 0.2) is 18.2 Å². The summed E-state index contributed by atoms with van der Waals surface area (Å²) in [6, 6.07) is 4.70. The smallest absolute Gasteiger partial charge is 0.248 e. The number of hydrogen-bond acceptors (Lipinski definition) is 4. The molecule has 0 saturated carbocycles. The van der Waals surface area contributed by atoms with E-state index in [1.165, 1.54) is 19.2 Å². The lowest BCUT2D eigenvalue weighted by Crippen LogP contribution is -2.45. The first-order valence-electron chi connectivity index (χ1n) is 7.07. The number of carbonyl (C=O) groups excluding carboxylic acids is 1. The van der Waals surface area contributed by atoms with Crippen LogP contribution in [-0.2, 0) is 16.1 Å². The van der Waals surface area contributed by atoms with Gasteiger partial charge in [0, 0.05) is 32.8 Å². The summed E-state index contributed by atoms with van der Waals surface area (Å²) in [5, 5.41) is 12.5. The number of likely N-dealkylation sites (tertiary alicyclic amines) is 1. The standard InChI is InChI=1S/C15H21FN2O3/c1-21-10-15(20)18-6-4-12(5-7-18)17-9-11-2-3-14(19)13(16)8-11/h2-3,8,12,17,19H,4-7,9-10H2,1H3. The summed E-state index contributed by atoms with van der Waals surface area (Å²) in [6.07, 6.45) is 1.74. The van der Waals surface area contributed by atoms with E-state index in [9.17, 15) is 9.18 Å².